The van der Waals surface area contributed by atoms with Crippen LogP contribution in [0.3, 0.4) is 0 Å². The molecule has 2 saturated heterocycles. The number of rotatable bonds is 4. The summed E-state index contributed by atoms with van der Waals surface area (Å²) in [4.78, 5) is 5.37. The molecule has 0 aromatic heterocycles. The molecule has 44 heavy (non-hydrogen) atoms. The molecule has 1 spiro atoms. The summed E-state index contributed by atoms with van der Waals surface area (Å²) in [6.07, 6.45) is 44.7. The number of hydrogen-bond donors (Lipinski definition) is 2. The lowest BCUT2D eigenvalue weighted by atomic mass is 9.44. The van der Waals surface area contributed by atoms with E-state index in [1.165, 1.54) is 109 Å². The second-order valence-electron chi connectivity index (χ2n) is 18.1. The smallest absolute Gasteiger partial charge is 0.153 e. The van der Waals surface area contributed by atoms with Crippen LogP contribution in [0.2, 0.25) is 0 Å². The number of fused-ring (bicyclic) bond motifs is 2. The minimum Gasteiger partial charge on any atom is -0.302 e. The summed E-state index contributed by atoms with van der Waals surface area (Å²) in [5, 5.41) is 4.26. The number of nitrogens with one attached hydrogen (secondary N) is 2. The number of nitrogens with zero attached hydrogens (tertiary/aromatic N) is 1. The molecule has 0 amide bonds. The molecule has 7 fully saturated rings. The second kappa shape index (κ2) is 12.1. The topological polar surface area (TPSA) is 19.7 Å². The Hall–Kier alpha value is -0.640. The third-order valence-corrected chi connectivity index (χ3v) is 16.3. The Bertz CT molecular complexity index is 1050. The van der Waals surface area contributed by atoms with E-state index >= 15 is 0 Å². The van der Waals surface area contributed by atoms with Gasteiger partial charge >= 0.3 is 0 Å². The highest BCUT2D eigenvalue weighted by Crippen LogP contribution is 2.70. The third kappa shape index (κ3) is 4.65. The summed E-state index contributed by atoms with van der Waals surface area (Å²) in [5.74, 6) is 6.60. The van der Waals surface area contributed by atoms with Crippen molar-refractivity contribution in [2.75, 3.05) is 0 Å². The monoisotopic (exact) mass is 601 g/mol. The van der Waals surface area contributed by atoms with E-state index in [0.717, 1.165) is 71.8 Å². The fourth-order valence-electron chi connectivity index (χ4n) is 14.9. The maximum Gasteiger partial charge on any atom is 0.153 e. The average Bonchev–Trinajstić information content (AvgIpc) is 3.26. The maximum absolute atomic E-state index is 4.26. The van der Waals surface area contributed by atoms with E-state index in [9.17, 15) is 0 Å². The predicted molar refractivity (Wildman–Crippen MR) is 181 cm³/mol. The Morgan fingerprint density at radius 1 is 0.659 bits per heavy atom. The van der Waals surface area contributed by atoms with E-state index in [0.29, 0.717) is 11.6 Å². The van der Waals surface area contributed by atoms with Gasteiger partial charge in [0.2, 0.25) is 0 Å². The molecule has 3 nitrogen and oxygen atoms in total. The molecule has 3 heteroatoms. The number of hydrogen-bond acceptors (Lipinski definition) is 2. The first kappa shape index (κ1) is 29.5. The lowest BCUT2D eigenvalue weighted by Gasteiger charge is -2.68. The standard InChI is InChI=1S/C41H65N3/c1-28-26-31-20-21-32(27-28)41(31)35-16-8-10-18-37(35)43(38-19-11-9-17-36(38)41)33-22-24-34(25-23-33)44-39(29-12-4-2-5-13-29)42-40(44)30-14-6-3-7-15-30/h4,8,12,16,28-40,42H,2-3,5-7,9-11,13-15,17-27H2,1H3/p+1. The average molecular weight is 601 g/mol. The van der Waals surface area contributed by atoms with Crippen molar-refractivity contribution in [1.82, 2.24) is 10.2 Å². The highest BCUT2D eigenvalue weighted by Gasteiger charge is 2.67. The van der Waals surface area contributed by atoms with Crippen molar-refractivity contribution in [1.29, 1.82) is 0 Å². The van der Waals surface area contributed by atoms with Crippen molar-refractivity contribution < 1.29 is 4.90 Å². The van der Waals surface area contributed by atoms with E-state index in [1.807, 2.05) is 4.90 Å². The van der Waals surface area contributed by atoms with Gasteiger partial charge in [0.05, 0.1) is 6.04 Å². The second-order valence-corrected chi connectivity index (χ2v) is 18.1. The SMILES string of the molecule is CC1CC2CCC(C1)C21C2C=CCCC2N(C2CCC([NH+]3C(C4C=CCCC4)NC3C3CCCCC3)CC2)C2CCCCC21. The molecule has 9 rings (SSSR count). The van der Waals surface area contributed by atoms with Gasteiger partial charge in [-0.2, -0.15) is 0 Å². The van der Waals surface area contributed by atoms with E-state index in [4.69, 9.17) is 0 Å². The lowest BCUT2D eigenvalue weighted by Crippen LogP contribution is -3.34. The summed E-state index contributed by atoms with van der Waals surface area (Å²) in [5.41, 5.74) is 0.661. The molecule has 2 bridgehead atoms. The molecule has 5 saturated carbocycles. The normalized spacial score (nSPS) is 52.8. The zero-order valence-electron chi connectivity index (χ0n) is 28.3. The van der Waals surface area contributed by atoms with Crippen molar-refractivity contribution in [3.05, 3.63) is 24.3 Å². The lowest BCUT2D eigenvalue weighted by molar-refractivity contribution is -1.03. The molecule has 9 aliphatic rings. The quantitative estimate of drug-likeness (QED) is 0.319. The van der Waals surface area contributed by atoms with Crippen LogP contribution in [-0.2, 0) is 0 Å². The minimum atomic E-state index is 0.661. The first-order chi connectivity index (χ1) is 21.7. The first-order valence-corrected chi connectivity index (χ1v) is 20.5. The van der Waals surface area contributed by atoms with Crippen LogP contribution in [0.25, 0.3) is 0 Å². The molecule has 0 aromatic rings. The van der Waals surface area contributed by atoms with Crippen molar-refractivity contribution in [2.45, 2.75) is 185 Å². The van der Waals surface area contributed by atoms with Gasteiger partial charge < -0.3 is 4.90 Å². The fourth-order valence-corrected chi connectivity index (χ4v) is 14.9. The van der Waals surface area contributed by atoms with Crippen LogP contribution >= 0.6 is 0 Å². The Balaban J connectivity index is 0.965. The first-order valence-electron chi connectivity index (χ1n) is 20.5. The molecule has 2 N–H and O–H groups in total. The summed E-state index contributed by atoms with van der Waals surface area (Å²) in [6, 6.07) is 3.52. The third-order valence-electron chi connectivity index (χ3n) is 16.3. The van der Waals surface area contributed by atoms with Gasteiger partial charge in [-0.25, -0.2) is 5.32 Å². The molecular formula is C41H66N3+. The van der Waals surface area contributed by atoms with Crippen molar-refractivity contribution in [3.63, 3.8) is 0 Å². The van der Waals surface area contributed by atoms with Crippen LogP contribution in [-0.4, -0.2) is 41.4 Å². The van der Waals surface area contributed by atoms with Gasteiger partial charge in [0.15, 0.2) is 6.17 Å². The molecule has 2 heterocycles. The number of likely N-dealkylation sites (tertiary alicyclic amines) is 1. The van der Waals surface area contributed by atoms with E-state index in [1.54, 1.807) is 32.1 Å². The Labute approximate surface area is 270 Å². The van der Waals surface area contributed by atoms with Crippen molar-refractivity contribution in [2.24, 2.45) is 46.8 Å². The van der Waals surface area contributed by atoms with Crippen molar-refractivity contribution >= 4 is 0 Å². The van der Waals surface area contributed by atoms with Crippen LogP contribution in [0.5, 0.6) is 0 Å². The van der Waals surface area contributed by atoms with Gasteiger partial charge in [0.25, 0.3) is 0 Å². The summed E-state index contributed by atoms with van der Waals surface area (Å²) >= 11 is 0. The van der Waals surface area contributed by atoms with Gasteiger partial charge in [0.1, 0.15) is 6.17 Å². The number of piperidine rings is 1. The summed E-state index contributed by atoms with van der Waals surface area (Å²) in [7, 11) is 0. The van der Waals surface area contributed by atoms with Crippen LogP contribution < -0.4 is 10.2 Å². The molecule has 7 aliphatic carbocycles. The Morgan fingerprint density at radius 2 is 1.41 bits per heavy atom. The van der Waals surface area contributed by atoms with Crippen LogP contribution in [0.1, 0.15) is 148 Å². The van der Waals surface area contributed by atoms with Gasteiger partial charge in [-0.1, -0.05) is 63.3 Å². The minimum absolute atomic E-state index is 0.661. The Kier molecular flexibility index (Phi) is 8.12. The van der Waals surface area contributed by atoms with Gasteiger partial charge in [-0.05, 0) is 131 Å². The highest BCUT2D eigenvalue weighted by atomic mass is 15.5. The van der Waals surface area contributed by atoms with E-state index in [-0.39, 0.29) is 0 Å². The molecular weight excluding hydrogens is 534 g/mol. The largest absolute Gasteiger partial charge is 0.302 e. The Morgan fingerprint density at radius 3 is 2.18 bits per heavy atom. The van der Waals surface area contributed by atoms with Gasteiger partial charge in [-0.3, -0.25) is 4.90 Å². The molecule has 10 unspecified atom stereocenters. The zero-order valence-corrected chi connectivity index (χ0v) is 28.3. The molecule has 244 valence electrons. The number of quaternary nitrogens is 1. The zero-order chi connectivity index (χ0) is 29.3. The fraction of sp³-hybridized carbons (Fsp3) is 0.902. The highest BCUT2D eigenvalue weighted by molar-refractivity contribution is 5.22. The van der Waals surface area contributed by atoms with Crippen LogP contribution in [0, 0.1) is 46.8 Å². The van der Waals surface area contributed by atoms with Gasteiger partial charge in [0, 0.05) is 42.8 Å². The van der Waals surface area contributed by atoms with E-state index < -0.39 is 0 Å². The molecule has 2 aliphatic heterocycles. The molecule has 0 radical (unpaired) electrons. The summed E-state index contributed by atoms with van der Waals surface area (Å²) < 4.78 is 0. The van der Waals surface area contributed by atoms with Gasteiger partial charge in [-0.15, -0.1) is 0 Å². The van der Waals surface area contributed by atoms with Crippen molar-refractivity contribution in [3.8, 4) is 0 Å². The predicted octanol–water partition coefficient (Wildman–Crippen LogP) is 8.03. The molecule has 0 aromatic carbocycles. The van der Waals surface area contributed by atoms with E-state index in [2.05, 4.69) is 41.4 Å². The maximum atomic E-state index is 4.26. The van der Waals surface area contributed by atoms with Crippen LogP contribution in [0.4, 0.5) is 0 Å². The number of allylic oxidation sites excluding steroid dienone is 2. The van der Waals surface area contributed by atoms with Crippen LogP contribution in [0.15, 0.2) is 24.3 Å². The summed E-state index contributed by atoms with van der Waals surface area (Å²) in [6.45, 7) is 2.60. The molecule has 10 atom stereocenters.